The van der Waals surface area contributed by atoms with E-state index in [9.17, 15) is 13.2 Å². The predicted molar refractivity (Wildman–Crippen MR) is 73.2 cm³/mol. The van der Waals surface area contributed by atoms with Gasteiger partial charge in [-0.25, -0.2) is 0 Å². The van der Waals surface area contributed by atoms with E-state index in [1.54, 1.807) is 0 Å². The van der Waals surface area contributed by atoms with Crippen molar-refractivity contribution in [3.8, 4) is 0 Å². The monoisotopic (exact) mass is 286 g/mol. The van der Waals surface area contributed by atoms with E-state index in [1.807, 2.05) is 0 Å². The van der Waals surface area contributed by atoms with Gasteiger partial charge in [-0.2, -0.15) is 13.2 Å². The Bertz CT molecular complexity index is 410. The van der Waals surface area contributed by atoms with Gasteiger partial charge in [0.15, 0.2) is 0 Å². The van der Waals surface area contributed by atoms with Gasteiger partial charge in [-0.3, -0.25) is 0 Å². The molecule has 1 unspecified atom stereocenters. The first-order valence-electron chi connectivity index (χ1n) is 7.11. The van der Waals surface area contributed by atoms with E-state index in [4.69, 9.17) is 5.73 Å². The summed E-state index contributed by atoms with van der Waals surface area (Å²) in [6.45, 7) is 1.24. The van der Waals surface area contributed by atoms with Crippen molar-refractivity contribution in [3.05, 3.63) is 35.4 Å². The van der Waals surface area contributed by atoms with E-state index >= 15 is 0 Å². The van der Waals surface area contributed by atoms with E-state index in [1.165, 1.54) is 31.4 Å². The van der Waals surface area contributed by atoms with Crippen LogP contribution in [0.3, 0.4) is 0 Å². The second-order valence-electron chi connectivity index (χ2n) is 5.45. The average Bonchev–Trinajstić information content (AvgIpc) is 3.22. The van der Waals surface area contributed by atoms with Crippen LogP contribution < -0.4 is 11.1 Å². The highest BCUT2D eigenvalue weighted by Gasteiger charge is 2.30. The van der Waals surface area contributed by atoms with Gasteiger partial charge in [0.1, 0.15) is 0 Å². The fourth-order valence-corrected chi connectivity index (χ4v) is 2.32. The summed E-state index contributed by atoms with van der Waals surface area (Å²) in [5.74, 6) is 0.902. The molecule has 1 aliphatic rings. The van der Waals surface area contributed by atoms with Crippen molar-refractivity contribution < 1.29 is 13.2 Å². The summed E-state index contributed by atoms with van der Waals surface area (Å²) in [7, 11) is 0. The van der Waals surface area contributed by atoms with Crippen molar-refractivity contribution >= 4 is 0 Å². The average molecular weight is 286 g/mol. The fourth-order valence-electron chi connectivity index (χ4n) is 2.32. The first-order valence-corrected chi connectivity index (χ1v) is 7.11. The van der Waals surface area contributed by atoms with Crippen LogP contribution in [-0.4, -0.2) is 13.1 Å². The SMILES string of the molecule is NCC(NCCCC1CC1)c1ccc(C(F)(F)F)cc1. The normalized spacial score (nSPS) is 17.2. The molecular formula is C15H21F3N2. The number of hydrogen-bond donors (Lipinski definition) is 2. The lowest BCUT2D eigenvalue weighted by molar-refractivity contribution is -0.137. The lowest BCUT2D eigenvalue weighted by Gasteiger charge is -2.18. The van der Waals surface area contributed by atoms with Crippen molar-refractivity contribution in [1.29, 1.82) is 0 Å². The third kappa shape index (κ3) is 4.49. The van der Waals surface area contributed by atoms with Crippen LogP contribution in [-0.2, 0) is 6.18 Å². The minimum atomic E-state index is -4.28. The number of rotatable bonds is 7. The molecule has 1 atom stereocenters. The molecule has 2 rings (SSSR count). The smallest absolute Gasteiger partial charge is 0.329 e. The highest BCUT2D eigenvalue weighted by Crippen LogP contribution is 2.33. The topological polar surface area (TPSA) is 38.0 Å². The summed E-state index contributed by atoms with van der Waals surface area (Å²) in [6, 6.07) is 5.17. The van der Waals surface area contributed by atoms with Crippen LogP contribution in [0.25, 0.3) is 0 Å². The zero-order valence-corrected chi connectivity index (χ0v) is 11.4. The predicted octanol–water partition coefficient (Wildman–Crippen LogP) is 3.49. The third-order valence-electron chi connectivity index (χ3n) is 3.75. The molecule has 1 aromatic rings. The van der Waals surface area contributed by atoms with Crippen LogP contribution in [0.4, 0.5) is 13.2 Å². The molecule has 0 heterocycles. The molecule has 1 saturated carbocycles. The number of nitrogens with two attached hydrogens (primary N) is 1. The summed E-state index contributed by atoms with van der Waals surface area (Å²) < 4.78 is 37.5. The Balaban J connectivity index is 1.85. The molecule has 5 heteroatoms. The third-order valence-corrected chi connectivity index (χ3v) is 3.75. The van der Waals surface area contributed by atoms with Crippen molar-refractivity contribution in [2.75, 3.05) is 13.1 Å². The number of hydrogen-bond acceptors (Lipinski definition) is 2. The van der Waals surface area contributed by atoms with Crippen molar-refractivity contribution in [2.45, 2.75) is 37.9 Å². The first-order chi connectivity index (χ1) is 9.50. The zero-order valence-electron chi connectivity index (χ0n) is 11.4. The molecule has 0 aliphatic heterocycles. The van der Waals surface area contributed by atoms with Gasteiger partial charge < -0.3 is 11.1 Å². The second-order valence-corrected chi connectivity index (χ2v) is 5.45. The highest BCUT2D eigenvalue weighted by atomic mass is 19.4. The van der Waals surface area contributed by atoms with Crippen LogP contribution >= 0.6 is 0 Å². The maximum absolute atomic E-state index is 12.5. The molecule has 3 N–H and O–H groups in total. The minimum absolute atomic E-state index is 0.0727. The van der Waals surface area contributed by atoms with Gasteiger partial charge in [0, 0.05) is 12.6 Å². The summed E-state index contributed by atoms with van der Waals surface area (Å²) in [6.07, 6.45) is 0.742. The molecular weight excluding hydrogens is 265 g/mol. The maximum atomic E-state index is 12.5. The fraction of sp³-hybridized carbons (Fsp3) is 0.600. The summed E-state index contributed by atoms with van der Waals surface area (Å²) >= 11 is 0. The molecule has 1 fully saturated rings. The van der Waals surface area contributed by atoms with Gasteiger partial charge in [0.2, 0.25) is 0 Å². The van der Waals surface area contributed by atoms with Gasteiger partial charge in [-0.15, -0.1) is 0 Å². The van der Waals surface area contributed by atoms with Crippen LogP contribution in [0.15, 0.2) is 24.3 Å². The Morgan fingerprint density at radius 3 is 2.35 bits per heavy atom. The van der Waals surface area contributed by atoms with E-state index in [2.05, 4.69) is 5.32 Å². The molecule has 0 saturated heterocycles. The standard InChI is InChI=1S/C15H21F3N2/c16-15(17,18)13-7-5-12(6-8-13)14(10-19)20-9-1-2-11-3-4-11/h5-8,11,14,20H,1-4,9-10,19H2. The quantitative estimate of drug-likeness (QED) is 0.753. The molecule has 0 spiro atoms. The van der Waals surface area contributed by atoms with Crippen LogP contribution in [0, 0.1) is 5.92 Å². The molecule has 1 aromatic carbocycles. The molecule has 0 bridgehead atoms. The lowest BCUT2D eigenvalue weighted by atomic mass is 10.0. The van der Waals surface area contributed by atoms with Crippen molar-refractivity contribution in [3.63, 3.8) is 0 Å². The summed E-state index contributed by atoms with van der Waals surface area (Å²) in [5.41, 5.74) is 5.89. The number of nitrogens with one attached hydrogen (secondary N) is 1. The van der Waals surface area contributed by atoms with Gasteiger partial charge >= 0.3 is 6.18 Å². The Labute approximate surface area is 117 Å². The van der Waals surface area contributed by atoms with Gasteiger partial charge in [-0.05, 0) is 43.0 Å². The Hall–Kier alpha value is -1.07. The van der Waals surface area contributed by atoms with E-state index in [0.29, 0.717) is 6.54 Å². The largest absolute Gasteiger partial charge is 0.416 e. The Morgan fingerprint density at radius 1 is 1.20 bits per heavy atom. The van der Waals surface area contributed by atoms with Crippen LogP contribution in [0.5, 0.6) is 0 Å². The number of alkyl halides is 3. The van der Waals surface area contributed by atoms with Crippen LogP contribution in [0.2, 0.25) is 0 Å². The number of halogens is 3. The minimum Gasteiger partial charge on any atom is -0.329 e. The first kappa shape index (κ1) is 15.3. The molecule has 0 radical (unpaired) electrons. The second kappa shape index (κ2) is 6.59. The molecule has 20 heavy (non-hydrogen) atoms. The molecule has 0 aromatic heterocycles. The number of benzene rings is 1. The highest BCUT2D eigenvalue weighted by molar-refractivity contribution is 5.27. The van der Waals surface area contributed by atoms with E-state index < -0.39 is 11.7 Å². The van der Waals surface area contributed by atoms with Gasteiger partial charge in [0.05, 0.1) is 5.56 Å². The molecule has 112 valence electrons. The molecule has 2 nitrogen and oxygen atoms in total. The molecule has 1 aliphatic carbocycles. The Morgan fingerprint density at radius 2 is 1.85 bits per heavy atom. The van der Waals surface area contributed by atoms with E-state index in [-0.39, 0.29) is 6.04 Å². The summed E-state index contributed by atoms with van der Waals surface area (Å²) in [5, 5.41) is 3.32. The van der Waals surface area contributed by atoms with Gasteiger partial charge in [0.25, 0.3) is 0 Å². The molecule has 0 amide bonds. The maximum Gasteiger partial charge on any atom is 0.416 e. The van der Waals surface area contributed by atoms with Crippen molar-refractivity contribution in [1.82, 2.24) is 5.32 Å². The van der Waals surface area contributed by atoms with Gasteiger partial charge in [-0.1, -0.05) is 25.0 Å². The van der Waals surface area contributed by atoms with E-state index in [0.717, 1.165) is 36.6 Å². The van der Waals surface area contributed by atoms with Crippen molar-refractivity contribution in [2.24, 2.45) is 11.7 Å². The lowest BCUT2D eigenvalue weighted by Crippen LogP contribution is -2.29. The van der Waals surface area contributed by atoms with Crippen LogP contribution in [0.1, 0.15) is 42.9 Å². The zero-order chi connectivity index (χ0) is 14.6. The Kier molecular flexibility index (Phi) is 5.05. The summed E-state index contributed by atoms with van der Waals surface area (Å²) in [4.78, 5) is 0.